The van der Waals surface area contributed by atoms with Gasteiger partial charge in [-0.05, 0) is 80.2 Å². The van der Waals surface area contributed by atoms with E-state index in [1.165, 1.54) is 0 Å². The number of fused-ring (bicyclic) bond motifs is 3. The maximum atomic E-state index is 6.38. The third-order valence-electron chi connectivity index (χ3n) is 8.08. The Bertz CT molecular complexity index is 2210. The SMILES string of the molecule is COc1cc(C)cc(OC)c1-c1c(C)nn(-c2[c-]c(Oc3[c-]c4c(cc3)c3ccccc3n4-c3cc(C)ccn3)ccc2)c1C.[Pt+2]. The van der Waals surface area contributed by atoms with E-state index in [1.54, 1.807) is 14.2 Å². The van der Waals surface area contributed by atoms with Crippen molar-refractivity contribution in [2.75, 3.05) is 14.2 Å². The van der Waals surface area contributed by atoms with Gasteiger partial charge in [0.15, 0.2) is 0 Å². The molecule has 3 aromatic heterocycles. The zero-order chi connectivity index (χ0) is 31.2. The van der Waals surface area contributed by atoms with E-state index in [0.717, 1.165) is 78.5 Å². The first-order valence-electron chi connectivity index (χ1n) is 14.7. The van der Waals surface area contributed by atoms with Crippen LogP contribution >= 0.6 is 0 Å². The number of ether oxygens (including phenoxy) is 3. The van der Waals surface area contributed by atoms with Crippen molar-refractivity contribution in [1.29, 1.82) is 0 Å². The van der Waals surface area contributed by atoms with Gasteiger partial charge in [-0.3, -0.25) is 4.68 Å². The summed E-state index contributed by atoms with van der Waals surface area (Å²) >= 11 is 0. The first kappa shape index (κ1) is 31.1. The normalized spacial score (nSPS) is 11.1. The van der Waals surface area contributed by atoms with E-state index < -0.39 is 0 Å². The van der Waals surface area contributed by atoms with E-state index in [2.05, 4.69) is 58.9 Å². The molecule has 0 aliphatic rings. The van der Waals surface area contributed by atoms with Crippen molar-refractivity contribution in [3.8, 4) is 45.6 Å². The molecule has 0 amide bonds. The summed E-state index contributed by atoms with van der Waals surface area (Å²) in [6.45, 7) is 8.12. The molecule has 7 aromatic rings. The van der Waals surface area contributed by atoms with Gasteiger partial charge in [0.25, 0.3) is 0 Å². The van der Waals surface area contributed by atoms with E-state index in [-0.39, 0.29) is 21.1 Å². The molecule has 0 saturated heterocycles. The molecular formula is C38H32N4O3Pt. The van der Waals surface area contributed by atoms with Crippen LogP contribution in [-0.2, 0) is 21.1 Å². The average Bonchev–Trinajstić information content (AvgIpc) is 3.53. The Balaban J connectivity index is 0.00000372. The molecule has 0 atom stereocenters. The molecule has 0 radical (unpaired) electrons. The third kappa shape index (κ3) is 5.35. The molecule has 8 heteroatoms. The third-order valence-corrected chi connectivity index (χ3v) is 8.08. The van der Waals surface area contributed by atoms with Gasteiger partial charge in [-0.15, -0.1) is 35.7 Å². The zero-order valence-electron chi connectivity index (χ0n) is 26.4. The maximum Gasteiger partial charge on any atom is 2.00 e. The van der Waals surface area contributed by atoms with Crippen LogP contribution in [-0.4, -0.2) is 33.6 Å². The van der Waals surface area contributed by atoms with Crippen LogP contribution in [0.3, 0.4) is 0 Å². The molecule has 0 N–H and O–H groups in total. The maximum absolute atomic E-state index is 6.38. The molecule has 0 bridgehead atoms. The number of para-hydroxylation sites is 1. The monoisotopic (exact) mass is 787 g/mol. The molecule has 0 saturated carbocycles. The van der Waals surface area contributed by atoms with Crippen molar-refractivity contribution in [2.45, 2.75) is 27.7 Å². The Hall–Kier alpha value is -4.87. The van der Waals surface area contributed by atoms with Crippen molar-refractivity contribution < 1.29 is 35.3 Å². The van der Waals surface area contributed by atoms with Gasteiger partial charge >= 0.3 is 21.1 Å². The van der Waals surface area contributed by atoms with Gasteiger partial charge in [0.2, 0.25) is 0 Å². The van der Waals surface area contributed by atoms with Crippen molar-refractivity contribution in [1.82, 2.24) is 19.3 Å². The van der Waals surface area contributed by atoms with E-state index in [4.69, 9.17) is 19.3 Å². The molecule has 46 heavy (non-hydrogen) atoms. The molecule has 0 spiro atoms. The number of pyridine rings is 1. The smallest absolute Gasteiger partial charge is 0.509 e. The van der Waals surface area contributed by atoms with Crippen molar-refractivity contribution >= 4 is 21.8 Å². The molecule has 4 aromatic carbocycles. The number of benzene rings is 4. The Morgan fingerprint density at radius 3 is 2.17 bits per heavy atom. The van der Waals surface area contributed by atoms with Crippen LogP contribution in [0.1, 0.15) is 22.5 Å². The number of nitrogens with zero attached hydrogens (tertiary/aromatic N) is 4. The van der Waals surface area contributed by atoms with Crippen LogP contribution in [0.5, 0.6) is 23.0 Å². The number of hydrogen-bond acceptors (Lipinski definition) is 5. The van der Waals surface area contributed by atoms with Gasteiger partial charge in [0.1, 0.15) is 17.3 Å². The minimum absolute atomic E-state index is 0. The minimum Gasteiger partial charge on any atom is -0.509 e. The molecule has 0 fully saturated rings. The topological polar surface area (TPSA) is 63.3 Å². The number of methoxy groups -OCH3 is 2. The van der Waals surface area contributed by atoms with Gasteiger partial charge < -0.3 is 18.8 Å². The fourth-order valence-electron chi connectivity index (χ4n) is 6.08. The second-order valence-electron chi connectivity index (χ2n) is 11.1. The molecule has 232 valence electrons. The summed E-state index contributed by atoms with van der Waals surface area (Å²) in [6.07, 6.45) is 1.83. The quantitative estimate of drug-likeness (QED) is 0.152. The van der Waals surface area contributed by atoms with Crippen molar-refractivity contribution in [3.05, 3.63) is 120 Å². The number of rotatable bonds is 7. The van der Waals surface area contributed by atoms with Crippen LogP contribution < -0.4 is 14.2 Å². The minimum atomic E-state index is 0. The summed E-state index contributed by atoms with van der Waals surface area (Å²) < 4.78 is 21.9. The Kier molecular flexibility index (Phi) is 8.45. The van der Waals surface area contributed by atoms with E-state index >= 15 is 0 Å². The van der Waals surface area contributed by atoms with Crippen molar-refractivity contribution in [2.24, 2.45) is 0 Å². The Labute approximate surface area is 282 Å². The first-order valence-corrected chi connectivity index (χ1v) is 14.7. The van der Waals surface area contributed by atoms with Crippen LogP contribution in [0.4, 0.5) is 0 Å². The van der Waals surface area contributed by atoms with E-state index in [1.807, 2.05) is 80.2 Å². The van der Waals surface area contributed by atoms with Crippen molar-refractivity contribution in [3.63, 3.8) is 0 Å². The van der Waals surface area contributed by atoms with Gasteiger partial charge in [0, 0.05) is 34.5 Å². The van der Waals surface area contributed by atoms with Crippen LogP contribution in [0.25, 0.3) is 44.4 Å². The second-order valence-corrected chi connectivity index (χ2v) is 11.1. The predicted molar refractivity (Wildman–Crippen MR) is 177 cm³/mol. The summed E-state index contributed by atoms with van der Waals surface area (Å²) in [4.78, 5) is 4.68. The van der Waals surface area contributed by atoms with E-state index in [0.29, 0.717) is 11.5 Å². The van der Waals surface area contributed by atoms with Crippen LogP contribution in [0.2, 0.25) is 0 Å². The van der Waals surface area contributed by atoms with Gasteiger partial charge in [-0.1, -0.05) is 23.7 Å². The number of hydrogen-bond donors (Lipinski definition) is 0. The van der Waals surface area contributed by atoms with Gasteiger partial charge in [0.05, 0.1) is 25.5 Å². The summed E-state index contributed by atoms with van der Waals surface area (Å²) in [6, 6.07) is 33.2. The van der Waals surface area contributed by atoms with Crippen LogP contribution in [0.15, 0.2) is 85.1 Å². The molecule has 3 heterocycles. The molecule has 0 aliphatic heterocycles. The summed E-state index contributed by atoms with van der Waals surface area (Å²) in [5.41, 5.74) is 8.52. The van der Waals surface area contributed by atoms with Crippen LogP contribution in [0, 0.1) is 39.8 Å². The first-order chi connectivity index (χ1) is 21.9. The van der Waals surface area contributed by atoms with Gasteiger partial charge in [-0.2, -0.15) is 17.2 Å². The fourth-order valence-corrected chi connectivity index (χ4v) is 6.08. The standard InChI is InChI=1S/C38H32N4O3.Pt/c1-23-16-17-39-36(20-23)41-32-13-8-7-12-30(32)31-15-14-29(22-33(31)41)45-28-11-9-10-27(21-28)42-26(4)37(25(3)40-42)38-34(43-5)18-24(2)19-35(38)44-6;/h7-20H,1-6H3;/q-2;+2. The molecule has 7 rings (SSSR count). The predicted octanol–water partition coefficient (Wildman–Crippen LogP) is 8.67. The zero-order valence-corrected chi connectivity index (χ0v) is 28.7. The summed E-state index contributed by atoms with van der Waals surface area (Å²) in [5, 5.41) is 7.11. The number of aromatic nitrogens is 4. The average molecular weight is 788 g/mol. The molecule has 7 nitrogen and oxygen atoms in total. The summed E-state index contributed by atoms with van der Waals surface area (Å²) in [7, 11) is 3.35. The van der Waals surface area contributed by atoms with Gasteiger partial charge in [-0.25, -0.2) is 4.98 Å². The molecular weight excluding hydrogens is 756 g/mol. The fraction of sp³-hybridized carbons (Fsp3) is 0.158. The largest absolute Gasteiger partial charge is 2.00 e. The Morgan fingerprint density at radius 2 is 1.43 bits per heavy atom. The second kappa shape index (κ2) is 12.5. The Morgan fingerprint density at radius 1 is 0.696 bits per heavy atom. The number of aryl methyl sites for hydroxylation is 3. The molecule has 0 aliphatic carbocycles. The molecule has 0 unspecified atom stereocenters. The summed E-state index contributed by atoms with van der Waals surface area (Å²) in [5.74, 6) is 3.45. The van der Waals surface area contributed by atoms with E-state index in [9.17, 15) is 0 Å².